The predicted molar refractivity (Wildman–Crippen MR) is 116 cm³/mol. The van der Waals surface area contributed by atoms with E-state index in [1.165, 1.54) is 0 Å². The van der Waals surface area contributed by atoms with Gasteiger partial charge in [0.15, 0.2) is 0 Å². The largest absolute Gasteiger partial charge is 0.339 e. The molecule has 4 rings (SSSR count). The van der Waals surface area contributed by atoms with E-state index < -0.39 is 0 Å². The molecule has 8 nitrogen and oxygen atoms in total. The summed E-state index contributed by atoms with van der Waals surface area (Å²) < 4.78 is 1.74. The number of nitrogens with one attached hydrogen (secondary N) is 2. The van der Waals surface area contributed by atoms with Gasteiger partial charge in [-0.2, -0.15) is 0 Å². The Balaban J connectivity index is 1.35. The first-order valence-corrected chi connectivity index (χ1v) is 10.4. The summed E-state index contributed by atoms with van der Waals surface area (Å²) in [5, 5.41) is 14.1. The molecule has 1 saturated heterocycles. The number of benzene rings is 2. The molecule has 156 valence electrons. The molecule has 2 heterocycles. The van der Waals surface area contributed by atoms with E-state index in [-0.39, 0.29) is 11.9 Å². The van der Waals surface area contributed by atoms with Crippen molar-refractivity contribution in [2.45, 2.75) is 32.7 Å². The second-order valence-electron chi connectivity index (χ2n) is 7.41. The second kappa shape index (κ2) is 8.94. The Morgan fingerprint density at radius 1 is 1.10 bits per heavy atom. The first-order valence-electron chi connectivity index (χ1n) is 10.4. The lowest BCUT2D eigenvalue weighted by atomic mass is 10.1. The Labute approximate surface area is 175 Å². The Morgan fingerprint density at radius 3 is 2.70 bits per heavy atom. The number of carbonyl (C=O) groups excluding carboxylic acids is 2. The van der Waals surface area contributed by atoms with Gasteiger partial charge < -0.3 is 15.5 Å². The summed E-state index contributed by atoms with van der Waals surface area (Å²) in [4.78, 5) is 26.6. The van der Waals surface area contributed by atoms with Gasteiger partial charge in [-0.1, -0.05) is 30.3 Å². The molecule has 8 heteroatoms. The summed E-state index contributed by atoms with van der Waals surface area (Å²) in [6, 6.07) is 13.0. The van der Waals surface area contributed by atoms with Gasteiger partial charge in [-0.05, 0) is 49.1 Å². The Kier molecular flexibility index (Phi) is 5.92. The van der Waals surface area contributed by atoms with Crippen LogP contribution in [-0.2, 0) is 13.0 Å². The molecule has 1 aromatic heterocycles. The van der Waals surface area contributed by atoms with Crippen LogP contribution in [0.1, 0.15) is 35.7 Å². The summed E-state index contributed by atoms with van der Waals surface area (Å²) in [5.41, 5.74) is 4.07. The van der Waals surface area contributed by atoms with Crippen molar-refractivity contribution in [1.82, 2.24) is 25.2 Å². The standard InChI is InChI=1S/C22H26N6O2/c1-2-16-7-3-4-8-18(16)24-22(30)23-11-14-28-20-10-9-17(15-19(20)25-26-28)21(29)27-12-5-6-13-27/h3-4,7-10,15H,2,5-6,11-14H2,1H3,(H2,23,24,30). The van der Waals surface area contributed by atoms with Crippen molar-refractivity contribution < 1.29 is 9.59 Å². The topological polar surface area (TPSA) is 92.1 Å². The van der Waals surface area contributed by atoms with Gasteiger partial charge in [-0.25, -0.2) is 9.48 Å². The van der Waals surface area contributed by atoms with Crippen LogP contribution < -0.4 is 10.6 Å². The SMILES string of the molecule is CCc1ccccc1NC(=O)NCCn1nnc2cc(C(=O)N3CCCC3)ccc21. The zero-order valence-electron chi connectivity index (χ0n) is 17.1. The molecule has 3 aromatic rings. The van der Waals surface area contributed by atoms with Gasteiger partial charge in [0.2, 0.25) is 0 Å². The normalized spacial score (nSPS) is 13.6. The maximum absolute atomic E-state index is 12.6. The van der Waals surface area contributed by atoms with Crippen LogP contribution >= 0.6 is 0 Å². The van der Waals surface area contributed by atoms with E-state index in [0.29, 0.717) is 24.2 Å². The van der Waals surface area contributed by atoms with Crippen LogP contribution in [0.15, 0.2) is 42.5 Å². The van der Waals surface area contributed by atoms with Gasteiger partial charge in [0.1, 0.15) is 5.52 Å². The van der Waals surface area contributed by atoms with Crippen LogP contribution in [0.5, 0.6) is 0 Å². The zero-order chi connectivity index (χ0) is 20.9. The molecule has 1 aliphatic rings. The van der Waals surface area contributed by atoms with Gasteiger partial charge in [-0.3, -0.25) is 4.79 Å². The van der Waals surface area contributed by atoms with Crippen molar-refractivity contribution in [3.05, 3.63) is 53.6 Å². The minimum atomic E-state index is -0.251. The molecular weight excluding hydrogens is 380 g/mol. The van der Waals surface area contributed by atoms with E-state index in [1.54, 1.807) is 10.7 Å². The summed E-state index contributed by atoms with van der Waals surface area (Å²) in [6.45, 7) is 4.59. The zero-order valence-corrected chi connectivity index (χ0v) is 17.1. The highest BCUT2D eigenvalue weighted by Crippen LogP contribution is 2.18. The summed E-state index contributed by atoms with van der Waals surface area (Å²) in [6.07, 6.45) is 2.98. The lowest BCUT2D eigenvalue weighted by Gasteiger charge is -2.15. The number of para-hydroxylation sites is 1. The highest BCUT2D eigenvalue weighted by molar-refractivity contribution is 5.97. The maximum Gasteiger partial charge on any atom is 0.319 e. The highest BCUT2D eigenvalue weighted by Gasteiger charge is 2.20. The molecule has 2 N–H and O–H groups in total. The molecule has 0 bridgehead atoms. The van der Waals surface area contributed by atoms with Crippen molar-refractivity contribution in [2.75, 3.05) is 25.0 Å². The molecule has 30 heavy (non-hydrogen) atoms. The first kappa shape index (κ1) is 19.9. The smallest absolute Gasteiger partial charge is 0.319 e. The van der Waals surface area contributed by atoms with Crippen molar-refractivity contribution >= 4 is 28.7 Å². The van der Waals surface area contributed by atoms with Crippen LogP contribution in [0, 0.1) is 0 Å². The minimum Gasteiger partial charge on any atom is -0.339 e. The van der Waals surface area contributed by atoms with Gasteiger partial charge in [-0.15, -0.1) is 5.10 Å². The lowest BCUT2D eigenvalue weighted by molar-refractivity contribution is 0.0793. The molecule has 3 amide bonds. The van der Waals surface area contributed by atoms with E-state index in [1.807, 2.05) is 41.3 Å². The fraction of sp³-hybridized carbons (Fsp3) is 0.364. The van der Waals surface area contributed by atoms with Crippen molar-refractivity contribution in [1.29, 1.82) is 0 Å². The van der Waals surface area contributed by atoms with Crippen LogP contribution in [-0.4, -0.2) is 51.5 Å². The van der Waals surface area contributed by atoms with Crippen LogP contribution in [0.2, 0.25) is 0 Å². The molecule has 0 atom stereocenters. The van der Waals surface area contributed by atoms with E-state index in [0.717, 1.165) is 49.1 Å². The molecule has 0 aliphatic carbocycles. The molecule has 0 saturated carbocycles. The first-order chi connectivity index (χ1) is 14.7. The quantitative estimate of drug-likeness (QED) is 0.658. The number of urea groups is 1. The van der Waals surface area contributed by atoms with Crippen molar-refractivity contribution in [3.8, 4) is 0 Å². The third-order valence-corrected chi connectivity index (χ3v) is 5.41. The minimum absolute atomic E-state index is 0.0506. The summed E-state index contributed by atoms with van der Waals surface area (Å²) in [5.74, 6) is 0.0506. The highest BCUT2D eigenvalue weighted by atomic mass is 16.2. The Morgan fingerprint density at radius 2 is 1.90 bits per heavy atom. The number of carbonyl (C=O) groups is 2. The number of aryl methyl sites for hydroxylation is 1. The number of amides is 3. The molecule has 0 unspecified atom stereocenters. The number of hydrogen-bond donors (Lipinski definition) is 2. The summed E-state index contributed by atoms with van der Waals surface area (Å²) >= 11 is 0. The molecule has 0 radical (unpaired) electrons. The number of rotatable bonds is 6. The molecule has 2 aromatic carbocycles. The molecule has 0 spiro atoms. The number of anilines is 1. The predicted octanol–water partition coefficient (Wildman–Crippen LogP) is 3.05. The third-order valence-electron chi connectivity index (χ3n) is 5.41. The van der Waals surface area contributed by atoms with E-state index in [2.05, 4.69) is 27.9 Å². The van der Waals surface area contributed by atoms with Crippen molar-refractivity contribution in [2.24, 2.45) is 0 Å². The fourth-order valence-electron chi connectivity index (χ4n) is 3.77. The number of aromatic nitrogens is 3. The average Bonchev–Trinajstić information content (AvgIpc) is 3.44. The van der Waals surface area contributed by atoms with Crippen LogP contribution in [0.25, 0.3) is 11.0 Å². The van der Waals surface area contributed by atoms with E-state index >= 15 is 0 Å². The second-order valence-corrected chi connectivity index (χ2v) is 7.41. The van der Waals surface area contributed by atoms with Gasteiger partial charge in [0.25, 0.3) is 5.91 Å². The van der Waals surface area contributed by atoms with Gasteiger partial charge >= 0.3 is 6.03 Å². The van der Waals surface area contributed by atoms with E-state index in [4.69, 9.17) is 0 Å². The van der Waals surface area contributed by atoms with Crippen molar-refractivity contribution in [3.63, 3.8) is 0 Å². The monoisotopic (exact) mass is 406 g/mol. The van der Waals surface area contributed by atoms with Gasteiger partial charge in [0, 0.05) is 30.9 Å². The molecule has 1 aliphatic heterocycles. The summed E-state index contributed by atoms with van der Waals surface area (Å²) in [7, 11) is 0. The Hall–Kier alpha value is -3.42. The maximum atomic E-state index is 12.6. The number of likely N-dealkylation sites (tertiary alicyclic amines) is 1. The Bertz CT molecular complexity index is 1050. The molecule has 1 fully saturated rings. The number of nitrogens with zero attached hydrogens (tertiary/aromatic N) is 4. The third kappa shape index (κ3) is 4.27. The van der Waals surface area contributed by atoms with Gasteiger partial charge in [0.05, 0.1) is 12.1 Å². The molecular formula is C22H26N6O2. The lowest BCUT2D eigenvalue weighted by Crippen LogP contribution is -2.32. The fourth-order valence-corrected chi connectivity index (χ4v) is 3.77. The van der Waals surface area contributed by atoms with Crippen LogP contribution in [0.3, 0.4) is 0 Å². The average molecular weight is 406 g/mol. The van der Waals surface area contributed by atoms with Crippen LogP contribution in [0.4, 0.5) is 10.5 Å². The number of hydrogen-bond acceptors (Lipinski definition) is 4. The van der Waals surface area contributed by atoms with E-state index in [9.17, 15) is 9.59 Å². The number of fused-ring (bicyclic) bond motifs is 1.